The van der Waals surface area contributed by atoms with Crippen LogP contribution in [0.15, 0.2) is 18.2 Å². The molecule has 0 fully saturated rings. The summed E-state index contributed by atoms with van der Waals surface area (Å²) in [6.45, 7) is 0. The molecule has 0 amide bonds. The molecule has 1 atom stereocenters. The molecule has 1 rings (SSSR count). The van der Waals surface area contributed by atoms with E-state index in [0.29, 0.717) is 0 Å². The summed E-state index contributed by atoms with van der Waals surface area (Å²) < 4.78 is 13.5. The Morgan fingerprint density at radius 1 is 1.35 bits per heavy atom. The average molecular weight is 261 g/mol. The van der Waals surface area contributed by atoms with Gasteiger partial charge < -0.3 is 10.2 Å². The van der Waals surface area contributed by atoms with Gasteiger partial charge in [-0.25, -0.2) is 4.39 Å². The third-order valence-corrected chi connectivity index (χ3v) is 2.62. The zero-order valence-electron chi connectivity index (χ0n) is 8.69. The second-order valence-electron chi connectivity index (χ2n) is 3.46. The van der Waals surface area contributed by atoms with Crippen molar-refractivity contribution in [3.63, 3.8) is 0 Å². The number of carboxylic acid groups (broad SMARTS) is 2. The first-order chi connectivity index (χ1) is 7.93. The highest BCUT2D eigenvalue weighted by molar-refractivity contribution is 6.31. The van der Waals surface area contributed by atoms with Crippen LogP contribution in [0.25, 0.3) is 0 Å². The van der Waals surface area contributed by atoms with Crippen molar-refractivity contribution < 1.29 is 24.2 Å². The molecule has 0 aromatic heterocycles. The van der Waals surface area contributed by atoms with E-state index in [-0.39, 0.29) is 23.4 Å². The molecule has 2 N–H and O–H groups in total. The predicted octanol–water partition coefficient (Wildman–Crippen LogP) is 2.51. The predicted molar refractivity (Wildman–Crippen MR) is 58.7 cm³/mol. The molecule has 1 aromatic rings. The second-order valence-corrected chi connectivity index (χ2v) is 3.87. The fourth-order valence-corrected chi connectivity index (χ4v) is 1.80. The lowest BCUT2D eigenvalue weighted by Crippen LogP contribution is -2.15. The lowest BCUT2D eigenvalue weighted by atomic mass is 9.94. The molecule has 0 heterocycles. The van der Waals surface area contributed by atoms with Crippen LogP contribution in [0.5, 0.6) is 0 Å². The Bertz CT molecular complexity index is 427. The smallest absolute Gasteiger partial charge is 0.311 e. The van der Waals surface area contributed by atoms with Gasteiger partial charge >= 0.3 is 11.9 Å². The molecule has 17 heavy (non-hydrogen) atoms. The summed E-state index contributed by atoms with van der Waals surface area (Å²) in [6, 6.07) is 3.83. The Labute approximate surface area is 102 Å². The van der Waals surface area contributed by atoms with Gasteiger partial charge in [-0.15, -0.1) is 0 Å². The van der Waals surface area contributed by atoms with Crippen molar-refractivity contribution in [2.24, 2.45) is 0 Å². The van der Waals surface area contributed by atoms with Gasteiger partial charge in [-0.3, -0.25) is 9.59 Å². The lowest BCUT2D eigenvalue weighted by molar-refractivity contribution is -0.140. The Kier molecular flexibility index (Phi) is 4.45. The molecule has 0 saturated carbocycles. The van der Waals surface area contributed by atoms with Crippen LogP contribution in [-0.2, 0) is 9.59 Å². The molecule has 1 unspecified atom stereocenters. The van der Waals surface area contributed by atoms with E-state index < -0.39 is 23.7 Å². The number of benzene rings is 1. The highest BCUT2D eigenvalue weighted by Gasteiger charge is 2.26. The first-order valence-electron chi connectivity index (χ1n) is 4.82. The molecule has 6 heteroatoms. The molecular formula is C11H10ClFO4. The monoisotopic (exact) mass is 260 g/mol. The van der Waals surface area contributed by atoms with E-state index in [1.165, 1.54) is 12.1 Å². The van der Waals surface area contributed by atoms with Crippen LogP contribution in [0.3, 0.4) is 0 Å². The minimum Gasteiger partial charge on any atom is -0.481 e. The van der Waals surface area contributed by atoms with Crippen molar-refractivity contribution >= 4 is 23.5 Å². The van der Waals surface area contributed by atoms with Crippen molar-refractivity contribution in [1.82, 2.24) is 0 Å². The lowest BCUT2D eigenvalue weighted by Gasteiger charge is -2.14. The van der Waals surface area contributed by atoms with E-state index in [1.54, 1.807) is 0 Å². The summed E-state index contributed by atoms with van der Waals surface area (Å²) in [7, 11) is 0. The van der Waals surface area contributed by atoms with Gasteiger partial charge in [0, 0.05) is 17.0 Å². The van der Waals surface area contributed by atoms with Crippen LogP contribution in [0.1, 0.15) is 24.3 Å². The van der Waals surface area contributed by atoms with E-state index in [2.05, 4.69) is 0 Å². The molecule has 0 bridgehead atoms. The highest BCUT2D eigenvalue weighted by atomic mass is 35.5. The van der Waals surface area contributed by atoms with Crippen LogP contribution in [0.2, 0.25) is 5.02 Å². The summed E-state index contributed by atoms with van der Waals surface area (Å²) in [4.78, 5) is 21.4. The molecule has 0 aliphatic rings. The van der Waals surface area contributed by atoms with Crippen molar-refractivity contribution in [2.45, 2.75) is 18.8 Å². The van der Waals surface area contributed by atoms with Gasteiger partial charge in [0.1, 0.15) is 5.82 Å². The second kappa shape index (κ2) is 5.63. The molecular weight excluding hydrogens is 251 g/mol. The third-order valence-electron chi connectivity index (χ3n) is 2.29. The van der Waals surface area contributed by atoms with Gasteiger partial charge in [0.05, 0.1) is 5.92 Å². The molecule has 4 nitrogen and oxygen atoms in total. The van der Waals surface area contributed by atoms with E-state index in [9.17, 15) is 14.0 Å². The van der Waals surface area contributed by atoms with Gasteiger partial charge in [0.2, 0.25) is 0 Å². The van der Waals surface area contributed by atoms with Crippen LogP contribution in [0.4, 0.5) is 4.39 Å². The van der Waals surface area contributed by atoms with Crippen molar-refractivity contribution in [2.75, 3.05) is 0 Å². The Hall–Kier alpha value is -1.62. The highest BCUT2D eigenvalue weighted by Crippen LogP contribution is 2.30. The fourth-order valence-electron chi connectivity index (χ4n) is 1.50. The normalized spacial score (nSPS) is 12.1. The first kappa shape index (κ1) is 13.4. The Balaban J connectivity index is 3.05. The summed E-state index contributed by atoms with van der Waals surface area (Å²) >= 11 is 5.73. The third kappa shape index (κ3) is 3.42. The van der Waals surface area contributed by atoms with Crippen LogP contribution >= 0.6 is 11.6 Å². The number of hydrogen-bond donors (Lipinski definition) is 2. The van der Waals surface area contributed by atoms with E-state index in [0.717, 1.165) is 6.07 Å². The van der Waals surface area contributed by atoms with Gasteiger partial charge in [-0.1, -0.05) is 17.7 Å². The molecule has 0 saturated heterocycles. The van der Waals surface area contributed by atoms with Crippen LogP contribution in [-0.4, -0.2) is 22.2 Å². The number of hydrogen-bond acceptors (Lipinski definition) is 2. The first-order valence-corrected chi connectivity index (χ1v) is 5.19. The SMILES string of the molecule is O=C(O)CCC(C(=O)O)c1c(F)cccc1Cl. The van der Waals surface area contributed by atoms with Crippen LogP contribution < -0.4 is 0 Å². The maximum absolute atomic E-state index is 13.5. The van der Waals surface area contributed by atoms with Gasteiger partial charge in [-0.05, 0) is 18.6 Å². The van der Waals surface area contributed by atoms with E-state index in [4.69, 9.17) is 21.8 Å². The van der Waals surface area contributed by atoms with Gasteiger partial charge in [0.15, 0.2) is 0 Å². The minimum absolute atomic E-state index is 0.0113. The van der Waals surface area contributed by atoms with Gasteiger partial charge in [-0.2, -0.15) is 0 Å². The van der Waals surface area contributed by atoms with Crippen LogP contribution in [0, 0.1) is 5.82 Å². The topological polar surface area (TPSA) is 74.6 Å². The number of carboxylic acids is 2. The number of halogens is 2. The Morgan fingerprint density at radius 3 is 2.47 bits per heavy atom. The van der Waals surface area contributed by atoms with Crippen molar-refractivity contribution in [3.8, 4) is 0 Å². The summed E-state index contributed by atoms with van der Waals surface area (Å²) in [5.74, 6) is -4.42. The number of rotatable bonds is 5. The zero-order chi connectivity index (χ0) is 13.0. The maximum Gasteiger partial charge on any atom is 0.311 e. The average Bonchev–Trinajstić information content (AvgIpc) is 2.21. The van der Waals surface area contributed by atoms with E-state index >= 15 is 0 Å². The zero-order valence-corrected chi connectivity index (χ0v) is 9.45. The van der Waals surface area contributed by atoms with Crippen molar-refractivity contribution in [1.29, 1.82) is 0 Å². The standard InChI is InChI=1S/C11H10ClFO4/c12-7-2-1-3-8(13)10(7)6(11(16)17)4-5-9(14)15/h1-3,6H,4-5H2,(H,14,15)(H,16,17). The Morgan fingerprint density at radius 2 is 2.00 bits per heavy atom. The summed E-state index contributed by atoms with van der Waals surface area (Å²) in [6.07, 6.45) is -0.563. The minimum atomic E-state index is -1.29. The van der Waals surface area contributed by atoms with Crippen molar-refractivity contribution in [3.05, 3.63) is 34.6 Å². The summed E-state index contributed by atoms with van der Waals surface area (Å²) in [5.41, 5.74) is -0.164. The molecule has 1 aromatic carbocycles. The molecule has 92 valence electrons. The largest absolute Gasteiger partial charge is 0.481 e. The maximum atomic E-state index is 13.5. The quantitative estimate of drug-likeness (QED) is 0.853. The molecule has 0 radical (unpaired) electrons. The van der Waals surface area contributed by atoms with E-state index in [1.807, 2.05) is 0 Å². The molecule has 0 aliphatic carbocycles. The fraction of sp³-hybridized carbons (Fsp3) is 0.273. The van der Waals surface area contributed by atoms with Gasteiger partial charge in [0.25, 0.3) is 0 Å². The number of aliphatic carboxylic acids is 2. The molecule has 0 aliphatic heterocycles. The number of carbonyl (C=O) groups is 2. The molecule has 0 spiro atoms. The summed E-state index contributed by atoms with van der Waals surface area (Å²) in [5, 5.41) is 17.5.